The third-order valence-corrected chi connectivity index (χ3v) is 4.28. The molecule has 0 fully saturated rings. The van der Waals surface area contributed by atoms with Crippen molar-refractivity contribution in [3.63, 3.8) is 0 Å². The summed E-state index contributed by atoms with van der Waals surface area (Å²) in [6.07, 6.45) is 0.879. The number of nitrogens with one attached hydrogen (secondary N) is 1. The van der Waals surface area contributed by atoms with E-state index in [1.165, 1.54) is 16.7 Å². The summed E-state index contributed by atoms with van der Waals surface area (Å²) in [6.45, 7) is 3.77. The highest BCUT2D eigenvalue weighted by atomic mass is 16.5. The molecule has 0 aromatic heterocycles. The molecule has 3 heteroatoms. The first-order valence-corrected chi connectivity index (χ1v) is 9.45. The molecule has 0 atom stereocenters. The van der Waals surface area contributed by atoms with E-state index in [0.29, 0.717) is 12.6 Å². The van der Waals surface area contributed by atoms with Crippen molar-refractivity contribution in [3.05, 3.63) is 102 Å². The van der Waals surface area contributed by atoms with Gasteiger partial charge in [0.05, 0.1) is 13.2 Å². The van der Waals surface area contributed by atoms with Gasteiger partial charge in [0.15, 0.2) is 0 Å². The molecule has 0 saturated heterocycles. The van der Waals surface area contributed by atoms with E-state index in [1.54, 1.807) is 7.11 Å². The van der Waals surface area contributed by atoms with Crippen molar-refractivity contribution >= 4 is 0 Å². The number of methoxy groups -OCH3 is 1. The second-order valence-corrected chi connectivity index (χ2v) is 6.16. The summed E-state index contributed by atoms with van der Waals surface area (Å²) in [4.78, 5) is 0. The van der Waals surface area contributed by atoms with Crippen LogP contribution in [-0.4, -0.2) is 20.2 Å². The van der Waals surface area contributed by atoms with Gasteiger partial charge in [-0.25, -0.2) is 0 Å². The quantitative estimate of drug-likeness (QED) is 0.647. The van der Waals surface area contributed by atoms with E-state index in [-0.39, 0.29) is 0 Å². The van der Waals surface area contributed by atoms with Gasteiger partial charge in [0.2, 0.25) is 0 Å². The zero-order chi connectivity index (χ0) is 19.3. The van der Waals surface area contributed by atoms with Crippen molar-refractivity contribution in [1.29, 1.82) is 0 Å². The summed E-state index contributed by atoms with van der Waals surface area (Å²) in [5, 5.41) is 3.52. The van der Waals surface area contributed by atoms with Crippen LogP contribution in [-0.2, 0) is 6.42 Å². The lowest BCUT2D eigenvalue weighted by Crippen LogP contribution is -2.21. The molecule has 0 bridgehead atoms. The van der Waals surface area contributed by atoms with Crippen LogP contribution < -0.4 is 15.8 Å². The molecule has 0 spiro atoms. The molecule has 3 nitrogen and oxygen atoms in total. The SMILES string of the molecule is CCNC(c1ccccc1)c1ccccc1.COc1ccccc1CCN. The molecule has 0 heterocycles. The van der Waals surface area contributed by atoms with Crippen molar-refractivity contribution in [2.75, 3.05) is 20.2 Å². The number of hydrogen-bond donors (Lipinski definition) is 2. The maximum Gasteiger partial charge on any atom is 0.122 e. The first kappa shape index (κ1) is 20.7. The normalized spacial score (nSPS) is 10.2. The molecule has 3 aromatic carbocycles. The van der Waals surface area contributed by atoms with E-state index in [2.05, 4.69) is 72.9 Å². The summed E-state index contributed by atoms with van der Waals surface area (Å²) >= 11 is 0. The smallest absolute Gasteiger partial charge is 0.122 e. The second kappa shape index (κ2) is 11.9. The van der Waals surface area contributed by atoms with Gasteiger partial charge in [0, 0.05) is 0 Å². The Hall–Kier alpha value is -2.62. The molecule has 0 unspecified atom stereocenters. The molecule has 3 N–H and O–H groups in total. The molecular formula is C24H30N2O. The predicted molar refractivity (Wildman–Crippen MR) is 114 cm³/mol. The average molecular weight is 363 g/mol. The fourth-order valence-corrected chi connectivity index (χ4v) is 2.99. The summed E-state index contributed by atoms with van der Waals surface area (Å²) in [6, 6.07) is 29.3. The average Bonchev–Trinajstić information content (AvgIpc) is 2.74. The second-order valence-electron chi connectivity index (χ2n) is 6.16. The molecule has 0 saturated carbocycles. The van der Waals surface area contributed by atoms with Crippen molar-refractivity contribution in [2.45, 2.75) is 19.4 Å². The maximum atomic E-state index is 5.43. The van der Waals surface area contributed by atoms with Crippen LogP contribution in [0.3, 0.4) is 0 Å². The fraction of sp³-hybridized carbons (Fsp3) is 0.250. The van der Waals surface area contributed by atoms with Crippen LogP contribution in [0.4, 0.5) is 0 Å². The lowest BCUT2D eigenvalue weighted by molar-refractivity contribution is 0.410. The molecule has 0 radical (unpaired) electrons. The van der Waals surface area contributed by atoms with E-state index < -0.39 is 0 Å². The summed E-state index contributed by atoms with van der Waals surface area (Å²) in [5.41, 5.74) is 9.24. The number of rotatable bonds is 7. The number of hydrogen-bond acceptors (Lipinski definition) is 3. The number of ether oxygens (including phenoxy) is 1. The molecule has 0 amide bonds. The fourth-order valence-electron chi connectivity index (χ4n) is 2.99. The molecule has 27 heavy (non-hydrogen) atoms. The Morgan fingerprint density at radius 3 is 1.81 bits per heavy atom. The highest BCUT2D eigenvalue weighted by Gasteiger charge is 2.11. The number of nitrogens with two attached hydrogens (primary N) is 1. The van der Waals surface area contributed by atoms with Crippen molar-refractivity contribution < 1.29 is 4.74 Å². The minimum Gasteiger partial charge on any atom is -0.496 e. The van der Waals surface area contributed by atoms with Gasteiger partial charge in [-0.2, -0.15) is 0 Å². The first-order chi connectivity index (χ1) is 13.3. The van der Waals surface area contributed by atoms with Gasteiger partial charge < -0.3 is 15.8 Å². The van der Waals surface area contributed by atoms with E-state index in [9.17, 15) is 0 Å². The lowest BCUT2D eigenvalue weighted by Gasteiger charge is -2.18. The van der Waals surface area contributed by atoms with Crippen LogP contribution in [0.25, 0.3) is 0 Å². The summed E-state index contributed by atoms with van der Waals surface area (Å²) in [5.74, 6) is 0.929. The topological polar surface area (TPSA) is 47.3 Å². The van der Waals surface area contributed by atoms with Gasteiger partial charge in [-0.05, 0) is 42.3 Å². The molecule has 0 aliphatic heterocycles. The molecule has 142 valence electrons. The van der Waals surface area contributed by atoms with Gasteiger partial charge >= 0.3 is 0 Å². The third-order valence-electron chi connectivity index (χ3n) is 4.28. The van der Waals surface area contributed by atoms with Crippen molar-refractivity contribution in [1.82, 2.24) is 5.32 Å². The van der Waals surface area contributed by atoms with Gasteiger partial charge in [0.25, 0.3) is 0 Å². The van der Waals surface area contributed by atoms with Crippen LogP contribution in [0.2, 0.25) is 0 Å². The molecular weight excluding hydrogens is 332 g/mol. The van der Waals surface area contributed by atoms with Gasteiger partial charge in [-0.15, -0.1) is 0 Å². The Labute approximate surface area is 163 Å². The minimum absolute atomic E-state index is 0.299. The largest absolute Gasteiger partial charge is 0.496 e. The zero-order valence-electron chi connectivity index (χ0n) is 16.3. The van der Waals surface area contributed by atoms with Crippen molar-refractivity contribution in [2.24, 2.45) is 5.73 Å². The molecule has 3 rings (SSSR count). The molecule has 3 aromatic rings. The molecule has 0 aliphatic rings. The Morgan fingerprint density at radius 1 is 0.815 bits per heavy atom. The van der Waals surface area contributed by atoms with Crippen LogP contribution in [0.15, 0.2) is 84.9 Å². The molecule has 0 aliphatic carbocycles. The van der Waals surface area contributed by atoms with Gasteiger partial charge in [-0.1, -0.05) is 85.8 Å². The first-order valence-electron chi connectivity index (χ1n) is 9.45. The van der Waals surface area contributed by atoms with E-state index in [0.717, 1.165) is 18.7 Å². The third kappa shape index (κ3) is 6.55. The Bertz CT molecular complexity index is 720. The number of para-hydroxylation sites is 1. The van der Waals surface area contributed by atoms with Crippen LogP contribution in [0.1, 0.15) is 29.7 Å². The van der Waals surface area contributed by atoms with Crippen LogP contribution >= 0.6 is 0 Å². The summed E-state index contributed by atoms with van der Waals surface area (Å²) < 4.78 is 5.14. The Morgan fingerprint density at radius 2 is 1.33 bits per heavy atom. The standard InChI is InChI=1S/C15H17N.C9H13NO/c1-2-16-15(13-9-5-3-6-10-13)14-11-7-4-8-12-14;1-11-9-5-3-2-4-8(9)6-7-10/h3-12,15-16H,2H2,1H3;2-5H,6-7,10H2,1H3. The highest BCUT2D eigenvalue weighted by molar-refractivity contribution is 5.33. The summed E-state index contributed by atoms with van der Waals surface area (Å²) in [7, 11) is 1.68. The lowest BCUT2D eigenvalue weighted by atomic mass is 9.99. The van der Waals surface area contributed by atoms with E-state index in [4.69, 9.17) is 10.5 Å². The van der Waals surface area contributed by atoms with E-state index in [1.807, 2.05) is 24.3 Å². The Balaban J connectivity index is 0.000000208. The maximum absolute atomic E-state index is 5.43. The zero-order valence-corrected chi connectivity index (χ0v) is 16.3. The van der Waals surface area contributed by atoms with Gasteiger partial charge in [-0.3, -0.25) is 0 Å². The minimum atomic E-state index is 0.299. The van der Waals surface area contributed by atoms with E-state index >= 15 is 0 Å². The van der Waals surface area contributed by atoms with Crippen molar-refractivity contribution in [3.8, 4) is 5.75 Å². The number of benzene rings is 3. The van der Waals surface area contributed by atoms with Crippen LogP contribution in [0.5, 0.6) is 5.75 Å². The Kier molecular flexibility index (Phi) is 9.11. The van der Waals surface area contributed by atoms with Gasteiger partial charge in [0.1, 0.15) is 5.75 Å². The monoisotopic (exact) mass is 362 g/mol. The predicted octanol–water partition coefficient (Wildman–Crippen LogP) is 4.58. The highest BCUT2D eigenvalue weighted by Crippen LogP contribution is 2.21. The van der Waals surface area contributed by atoms with Crippen LogP contribution in [0, 0.1) is 0 Å².